The van der Waals surface area contributed by atoms with Crippen molar-refractivity contribution in [3.05, 3.63) is 41.1 Å². The predicted octanol–water partition coefficient (Wildman–Crippen LogP) is 2.59. The molecule has 2 amide bonds. The summed E-state index contributed by atoms with van der Waals surface area (Å²) >= 11 is 0. The number of fused-ring (bicyclic) bond motifs is 1. The Morgan fingerprint density at radius 3 is 2.92 bits per heavy atom. The summed E-state index contributed by atoms with van der Waals surface area (Å²) in [7, 11) is 0. The molecule has 5 heteroatoms. The topological polar surface area (TPSA) is 62.3 Å². The van der Waals surface area contributed by atoms with Gasteiger partial charge in [-0.25, -0.2) is 0 Å². The molecule has 1 aliphatic rings. The first-order chi connectivity index (χ1) is 11.6. The summed E-state index contributed by atoms with van der Waals surface area (Å²) in [6.07, 6.45) is 2.39. The summed E-state index contributed by atoms with van der Waals surface area (Å²) in [4.78, 5) is 30.6. The lowest BCUT2D eigenvalue weighted by Gasteiger charge is -2.15. The van der Waals surface area contributed by atoms with Crippen molar-refractivity contribution in [2.45, 2.75) is 33.1 Å². The van der Waals surface area contributed by atoms with E-state index in [1.165, 1.54) is 0 Å². The van der Waals surface area contributed by atoms with Gasteiger partial charge in [0, 0.05) is 37.1 Å². The molecule has 1 saturated heterocycles. The van der Waals surface area contributed by atoms with Gasteiger partial charge in [-0.15, -0.1) is 0 Å². The highest BCUT2D eigenvalue weighted by Crippen LogP contribution is 2.21. The molecule has 1 N–H and O–H groups in total. The summed E-state index contributed by atoms with van der Waals surface area (Å²) in [5, 5.41) is 3.85. The van der Waals surface area contributed by atoms with Gasteiger partial charge in [-0.3, -0.25) is 14.6 Å². The summed E-state index contributed by atoms with van der Waals surface area (Å²) in [6.45, 7) is 6.04. The van der Waals surface area contributed by atoms with Crippen LogP contribution < -0.4 is 5.32 Å². The lowest BCUT2D eigenvalue weighted by Crippen LogP contribution is -2.30. The van der Waals surface area contributed by atoms with E-state index in [2.05, 4.69) is 10.3 Å². The van der Waals surface area contributed by atoms with Crippen LogP contribution in [0.4, 0.5) is 0 Å². The zero-order valence-electron chi connectivity index (χ0n) is 14.3. The number of amides is 2. The fourth-order valence-electron chi connectivity index (χ4n) is 3.22. The van der Waals surface area contributed by atoms with Crippen LogP contribution in [-0.4, -0.2) is 41.3 Å². The van der Waals surface area contributed by atoms with Crippen molar-refractivity contribution in [2.24, 2.45) is 0 Å². The minimum atomic E-state index is -0.0798. The number of carbonyl (C=O) groups excluding carboxylic acids is 2. The SMILES string of the molecule is Cc1cc(C(=O)NCCCN2CCCC2=O)c2cccc(C)c2n1. The van der Waals surface area contributed by atoms with Crippen LogP contribution in [0.2, 0.25) is 0 Å². The Kier molecular flexibility index (Phi) is 4.79. The molecule has 126 valence electrons. The molecule has 5 nitrogen and oxygen atoms in total. The zero-order valence-corrected chi connectivity index (χ0v) is 14.3. The number of aryl methyl sites for hydroxylation is 2. The highest BCUT2D eigenvalue weighted by molar-refractivity contribution is 6.06. The molecule has 24 heavy (non-hydrogen) atoms. The van der Waals surface area contributed by atoms with E-state index in [9.17, 15) is 9.59 Å². The van der Waals surface area contributed by atoms with E-state index >= 15 is 0 Å². The van der Waals surface area contributed by atoms with Crippen LogP contribution in [0.25, 0.3) is 10.9 Å². The van der Waals surface area contributed by atoms with Gasteiger partial charge in [-0.1, -0.05) is 18.2 Å². The number of pyridine rings is 1. The van der Waals surface area contributed by atoms with Crippen molar-refractivity contribution in [1.82, 2.24) is 15.2 Å². The van der Waals surface area contributed by atoms with Crippen molar-refractivity contribution in [1.29, 1.82) is 0 Å². The summed E-state index contributed by atoms with van der Waals surface area (Å²) in [5.74, 6) is 0.149. The minimum Gasteiger partial charge on any atom is -0.352 e. The van der Waals surface area contributed by atoms with E-state index in [-0.39, 0.29) is 11.8 Å². The Morgan fingerprint density at radius 2 is 2.17 bits per heavy atom. The Balaban J connectivity index is 1.66. The van der Waals surface area contributed by atoms with Crippen molar-refractivity contribution < 1.29 is 9.59 Å². The number of para-hydroxylation sites is 1. The average molecular weight is 325 g/mol. The lowest BCUT2D eigenvalue weighted by molar-refractivity contribution is -0.127. The third-order valence-electron chi connectivity index (χ3n) is 4.48. The number of nitrogens with one attached hydrogen (secondary N) is 1. The quantitative estimate of drug-likeness (QED) is 0.860. The van der Waals surface area contributed by atoms with Gasteiger partial charge in [0.15, 0.2) is 0 Å². The maximum Gasteiger partial charge on any atom is 0.252 e. The Bertz CT molecular complexity index is 786. The molecule has 0 atom stereocenters. The first kappa shape index (κ1) is 16.4. The van der Waals surface area contributed by atoms with Gasteiger partial charge in [0.05, 0.1) is 11.1 Å². The average Bonchev–Trinajstić information content (AvgIpc) is 2.97. The van der Waals surface area contributed by atoms with Gasteiger partial charge >= 0.3 is 0 Å². The number of nitrogens with zero attached hydrogens (tertiary/aromatic N) is 2. The fraction of sp³-hybridized carbons (Fsp3) is 0.421. The number of hydrogen-bond acceptors (Lipinski definition) is 3. The molecule has 0 bridgehead atoms. The highest BCUT2D eigenvalue weighted by Gasteiger charge is 2.19. The number of aromatic nitrogens is 1. The molecule has 0 radical (unpaired) electrons. The molecular formula is C19H23N3O2. The Morgan fingerprint density at radius 1 is 1.33 bits per heavy atom. The smallest absolute Gasteiger partial charge is 0.252 e. The van der Waals surface area contributed by atoms with Crippen molar-refractivity contribution in [3.63, 3.8) is 0 Å². The summed E-state index contributed by atoms with van der Waals surface area (Å²) < 4.78 is 0. The zero-order chi connectivity index (χ0) is 17.1. The van der Waals surface area contributed by atoms with E-state index in [4.69, 9.17) is 0 Å². The third-order valence-corrected chi connectivity index (χ3v) is 4.48. The second-order valence-corrected chi connectivity index (χ2v) is 6.38. The van der Waals surface area contributed by atoms with E-state index in [1.54, 1.807) is 0 Å². The van der Waals surface area contributed by atoms with Gasteiger partial charge in [0.2, 0.25) is 5.91 Å². The summed E-state index contributed by atoms with van der Waals surface area (Å²) in [5.41, 5.74) is 3.45. The van der Waals surface area contributed by atoms with Crippen LogP contribution in [0, 0.1) is 13.8 Å². The van der Waals surface area contributed by atoms with Gasteiger partial charge < -0.3 is 10.2 Å². The molecule has 0 unspecified atom stereocenters. The Labute approximate surface area is 142 Å². The largest absolute Gasteiger partial charge is 0.352 e. The van der Waals surface area contributed by atoms with Gasteiger partial charge in [0.1, 0.15) is 0 Å². The molecule has 2 heterocycles. The molecule has 2 aromatic rings. The van der Waals surface area contributed by atoms with Crippen LogP contribution in [-0.2, 0) is 4.79 Å². The van der Waals surface area contributed by atoms with Crippen LogP contribution in [0.3, 0.4) is 0 Å². The molecular weight excluding hydrogens is 302 g/mol. The molecule has 1 aliphatic heterocycles. The molecule has 0 saturated carbocycles. The van der Waals surface area contributed by atoms with Crippen molar-refractivity contribution in [2.75, 3.05) is 19.6 Å². The second-order valence-electron chi connectivity index (χ2n) is 6.38. The molecule has 3 rings (SSSR count). The van der Waals surface area contributed by atoms with Crippen LogP contribution >= 0.6 is 0 Å². The minimum absolute atomic E-state index is 0.0798. The molecule has 0 aliphatic carbocycles. The lowest BCUT2D eigenvalue weighted by atomic mass is 10.0. The normalized spacial score (nSPS) is 14.4. The number of hydrogen-bond donors (Lipinski definition) is 1. The monoisotopic (exact) mass is 325 g/mol. The molecule has 1 fully saturated rings. The van der Waals surface area contributed by atoms with E-state index in [1.807, 2.05) is 43.0 Å². The van der Waals surface area contributed by atoms with Crippen LogP contribution in [0.5, 0.6) is 0 Å². The summed E-state index contributed by atoms with van der Waals surface area (Å²) in [6, 6.07) is 7.72. The highest BCUT2D eigenvalue weighted by atomic mass is 16.2. The predicted molar refractivity (Wildman–Crippen MR) is 94.0 cm³/mol. The number of benzene rings is 1. The Hall–Kier alpha value is -2.43. The molecule has 1 aromatic heterocycles. The maximum absolute atomic E-state index is 12.6. The fourth-order valence-corrected chi connectivity index (χ4v) is 3.22. The molecule has 1 aromatic carbocycles. The van der Waals surface area contributed by atoms with Crippen LogP contribution in [0.1, 0.15) is 40.9 Å². The van der Waals surface area contributed by atoms with Crippen molar-refractivity contribution in [3.8, 4) is 0 Å². The first-order valence-corrected chi connectivity index (χ1v) is 8.49. The van der Waals surface area contributed by atoms with E-state index in [0.717, 1.165) is 41.5 Å². The maximum atomic E-state index is 12.6. The van der Waals surface area contributed by atoms with Gasteiger partial charge in [-0.05, 0) is 38.3 Å². The van der Waals surface area contributed by atoms with E-state index in [0.29, 0.717) is 25.1 Å². The number of carbonyl (C=O) groups is 2. The number of likely N-dealkylation sites (tertiary alicyclic amines) is 1. The van der Waals surface area contributed by atoms with Crippen LogP contribution in [0.15, 0.2) is 24.3 Å². The second kappa shape index (κ2) is 6.99. The van der Waals surface area contributed by atoms with Gasteiger partial charge in [-0.2, -0.15) is 0 Å². The third kappa shape index (κ3) is 3.40. The van der Waals surface area contributed by atoms with Gasteiger partial charge in [0.25, 0.3) is 5.91 Å². The van der Waals surface area contributed by atoms with E-state index < -0.39 is 0 Å². The first-order valence-electron chi connectivity index (χ1n) is 8.49. The standard InChI is InChI=1S/C19H23N3O2/c1-13-6-3-7-15-16(12-14(2)21-18(13)15)19(24)20-9-5-11-22-10-4-8-17(22)23/h3,6-7,12H,4-5,8-11H2,1-2H3,(H,20,24). The van der Waals surface area contributed by atoms with Crippen molar-refractivity contribution >= 4 is 22.7 Å². The number of rotatable bonds is 5. The molecule has 0 spiro atoms.